The number of fused-ring (bicyclic) bond motifs is 3. The van der Waals surface area contributed by atoms with E-state index in [1.54, 1.807) is 51.7 Å². The lowest BCUT2D eigenvalue weighted by Crippen LogP contribution is -2.20. The monoisotopic (exact) mass is 503 g/mol. The first-order chi connectivity index (χ1) is 17.4. The first-order valence-electron chi connectivity index (χ1n) is 11.2. The Morgan fingerprint density at radius 2 is 1.83 bits per heavy atom. The molecule has 0 aliphatic heterocycles. The predicted octanol–water partition coefficient (Wildman–Crippen LogP) is 4.83. The molecule has 3 aromatic rings. The van der Waals surface area contributed by atoms with Gasteiger partial charge in [0, 0.05) is 11.5 Å². The molecule has 1 aliphatic rings. The largest absolute Gasteiger partial charge is 0.493 e. The Morgan fingerprint density at radius 3 is 2.50 bits per heavy atom. The zero-order chi connectivity index (χ0) is 25.8. The molecular formula is C28H25NO6S. The van der Waals surface area contributed by atoms with Crippen LogP contribution in [-0.4, -0.2) is 40.2 Å². The molecule has 184 valence electrons. The molecule has 0 saturated heterocycles. The molecule has 8 heteroatoms. The third-order valence-corrected chi connectivity index (χ3v) is 6.97. The van der Waals surface area contributed by atoms with Crippen LogP contribution in [0.4, 0.5) is 0 Å². The van der Waals surface area contributed by atoms with Crippen LogP contribution in [0.3, 0.4) is 0 Å². The standard InChI is InChI=1S/C28H25NO6S/c1-32-23-12-18-11-19(15-35-28(31)17-7-5-6-16(10-17)14-29)21-13-22(30)24(36-4)9-8-20(21)25(18)27(34-3)26(23)33-2/h5-10,12-13,19H,11,15H2,1-4H3/t19-/m1/s1. The summed E-state index contributed by atoms with van der Waals surface area (Å²) in [7, 11) is 4.67. The van der Waals surface area contributed by atoms with Gasteiger partial charge < -0.3 is 18.9 Å². The van der Waals surface area contributed by atoms with Gasteiger partial charge in [-0.15, -0.1) is 11.8 Å². The molecule has 4 rings (SSSR count). The minimum atomic E-state index is -0.531. The molecule has 0 spiro atoms. The van der Waals surface area contributed by atoms with Gasteiger partial charge in [0.15, 0.2) is 16.9 Å². The van der Waals surface area contributed by atoms with Gasteiger partial charge in [0.1, 0.15) is 0 Å². The van der Waals surface area contributed by atoms with Gasteiger partial charge in [-0.3, -0.25) is 4.79 Å². The van der Waals surface area contributed by atoms with Crippen LogP contribution in [0.25, 0.3) is 11.1 Å². The summed E-state index contributed by atoms with van der Waals surface area (Å²) in [5.41, 5.74) is 3.88. The first kappa shape index (κ1) is 25.1. The number of benzene rings is 2. The molecule has 0 saturated carbocycles. The molecule has 3 aromatic carbocycles. The fraction of sp³-hybridized carbons (Fsp3) is 0.250. The minimum Gasteiger partial charge on any atom is -0.493 e. The van der Waals surface area contributed by atoms with Crippen molar-refractivity contribution in [1.29, 1.82) is 5.26 Å². The predicted molar refractivity (Wildman–Crippen MR) is 137 cm³/mol. The van der Waals surface area contributed by atoms with Gasteiger partial charge in [-0.05, 0) is 65.8 Å². The smallest absolute Gasteiger partial charge is 0.338 e. The molecule has 1 atom stereocenters. The summed E-state index contributed by atoms with van der Waals surface area (Å²) in [5, 5.41) is 9.13. The highest BCUT2D eigenvalue weighted by Gasteiger charge is 2.32. The Labute approximate surface area is 213 Å². The lowest BCUT2D eigenvalue weighted by Gasteiger charge is -2.29. The van der Waals surface area contributed by atoms with E-state index in [1.807, 2.05) is 24.5 Å². The molecule has 0 bridgehead atoms. The normalized spacial score (nSPS) is 13.6. The van der Waals surface area contributed by atoms with Crippen molar-refractivity contribution in [2.24, 2.45) is 0 Å². The zero-order valence-corrected chi connectivity index (χ0v) is 21.2. The summed E-state index contributed by atoms with van der Waals surface area (Å²) in [5.74, 6) is 0.687. The van der Waals surface area contributed by atoms with E-state index in [-0.39, 0.29) is 18.0 Å². The van der Waals surface area contributed by atoms with E-state index in [9.17, 15) is 9.59 Å². The van der Waals surface area contributed by atoms with E-state index in [4.69, 9.17) is 24.2 Å². The van der Waals surface area contributed by atoms with Gasteiger partial charge >= 0.3 is 5.97 Å². The molecule has 1 aliphatic carbocycles. The highest BCUT2D eigenvalue weighted by molar-refractivity contribution is 7.98. The Balaban J connectivity index is 1.81. The second-order valence-electron chi connectivity index (χ2n) is 8.15. The fourth-order valence-corrected chi connectivity index (χ4v) is 4.99. The Kier molecular flexibility index (Phi) is 7.51. The van der Waals surface area contributed by atoms with Crippen molar-refractivity contribution >= 4 is 17.7 Å². The number of carbonyl (C=O) groups is 1. The molecule has 0 aromatic heterocycles. The second-order valence-corrected chi connectivity index (χ2v) is 9.00. The number of hydrogen-bond acceptors (Lipinski definition) is 8. The van der Waals surface area contributed by atoms with Crippen LogP contribution >= 0.6 is 11.8 Å². The second kappa shape index (κ2) is 10.8. The Hall–Kier alpha value is -3.96. The van der Waals surface area contributed by atoms with Crippen molar-refractivity contribution in [2.75, 3.05) is 34.2 Å². The third kappa shape index (κ3) is 4.62. The number of nitrogens with zero attached hydrogens (tertiary/aromatic N) is 1. The molecule has 0 N–H and O–H groups in total. The fourth-order valence-electron chi connectivity index (χ4n) is 4.52. The Bertz CT molecular complexity index is 1430. The molecule has 7 nitrogen and oxygen atoms in total. The van der Waals surface area contributed by atoms with Crippen LogP contribution in [0.1, 0.15) is 33.0 Å². The molecule has 0 radical (unpaired) electrons. The third-order valence-electron chi connectivity index (χ3n) is 6.19. The van der Waals surface area contributed by atoms with E-state index in [2.05, 4.69) is 0 Å². The van der Waals surface area contributed by atoms with Crippen LogP contribution in [0.15, 0.2) is 58.2 Å². The molecule has 0 heterocycles. The summed E-state index contributed by atoms with van der Waals surface area (Å²) >= 11 is 1.37. The van der Waals surface area contributed by atoms with E-state index < -0.39 is 5.97 Å². The van der Waals surface area contributed by atoms with Crippen molar-refractivity contribution in [3.05, 3.63) is 81.0 Å². The highest BCUT2D eigenvalue weighted by atomic mass is 32.2. The maximum absolute atomic E-state index is 13.0. The van der Waals surface area contributed by atoms with Crippen LogP contribution in [-0.2, 0) is 11.2 Å². The lowest BCUT2D eigenvalue weighted by atomic mass is 9.79. The first-order valence-corrected chi connectivity index (χ1v) is 12.4. The number of carbonyl (C=O) groups excluding carboxylic acids is 1. The molecule has 0 fully saturated rings. The lowest BCUT2D eigenvalue weighted by molar-refractivity contribution is 0.0478. The number of rotatable bonds is 7. The van der Waals surface area contributed by atoms with Crippen LogP contribution < -0.4 is 19.6 Å². The molecule has 36 heavy (non-hydrogen) atoms. The van der Waals surface area contributed by atoms with Crippen molar-refractivity contribution < 1.29 is 23.7 Å². The number of esters is 1. The van der Waals surface area contributed by atoms with Gasteiger partial charge in [-0.1, -0.05) is 12.1 Å². The van der Waals surface area contributed by atoms with Crippen LogP contribution in [0.2, 0.25) is 0 Å². The number of methoxy groups -OCH3 is 3. The number of nitriles is 1. The van der Waals surface area contributed by atoms with Crippen molar-refractivity contribution in [3.8, 4) is 34.4 Å². The minimum absolute atomic E-state index is 0.0524. The highest BCUT2D eigenvalue weighted by Crippen LogP contribution is 2.51. The maximum Gasteiger partial charge on any atom is 0.338 e. The Morgan fingerprint density at radius 1 is 1.06 bits per heavy atom. The van der Waals surface area contributed by atoms with Gasteiger partial charge in [0.2, 0.25) is 5.75 Å². The molecular weight excluding hydrogens is 478 g/mol. The van der Waals surface area contributed by atoms with E-state index in [1.165, 1.54) is 17.8 Å². The summed E-state index contributed by atoms with van der Waals surface area (Å²) in [6.45, 7) is 0.0524. The van der Waals surface area contributed by atoms with Crippen LogP contribution in [0.5, 0.6) is 17.2 Å². The van der Waals surface area contributed by atoms with Crippen molar-refractivity contribution in [3.63, 3.8) is 0 Å². The summed E-state index contributed by atoms with van der Waals surface area (Å²) in [4.78, 5) is 26.3. The van der Waals surface area contributed by atoms with Crippen LogP contribution in [0, 0.1) is 11.3 Å². The van der Waals surface area contributed by atoms with Gasteiger partial charge in [0.25, 0.3) is 0 Å². The maximum atomic E-state index is 13.0. The van der Waals surface area contributed by atoms with Crippen molar-refractivity contribution in [2.45, 2.75) is 17.2 Å². The van der Waals surface area contributed by atoms with Gasteiger partial charge in [-0.25, -0.2) is 4.79 Å². The SMILES string of the molecule is COc1cc2c(c(OC)c1OC)-c1ccc(SC)c(=O)cc1[C@@H](COC(=O)c1cccc(C#N)c1)C2. The number of ether oxygens (including phenoxy) is 4. The van der Waals surface area contributed by atoms with Crippen molar-refractivity contribution in [1.82, 2.24) is 0 Å². The molecule has 0 unspecified atom stereocenters. The average Bonchev–Trinajstić information content (AvgIpc) is 3.08. The topological polar surface area (TPSA) is 94.8 Å². The summed E-state index contributed by atoms with van der Waals surface area (Å²) in [6.07, 6.45) is 2.34. The van der Waals surface area contributed by atoms with Gasteiger partial charge in [-0.2, -0.15) is 5.26 Å². The van der Waals surface area contributed by atoms with E-state index in [0.29, 0.717) is 39.7 Å². The van der Waals surface area contributed by atoms with E-state index in [0.717, 1.165) is 22.3 Å². The number of thioether (sulfide) groups is 1. The summed E-state index contributed by atoms with van der Waals surface area (Å²) in [6, 6.07) is 15.6. The quantitative estimate of drug-likeness (QED) is 0.334. The number of hydrogen-bond donors (Lipinski definition) is 0. The molecule has 0 amide bonds. The summed E-state index contributed by atoms with van der Waals surface area (Å²) < 4.78 is 22.6. The zero-order valence-electron chi connectivity index (χ0n) is 20.4. The van der Waals surface area contributed by atoms with E-state index >= 15 is 0 Å². The van der Waals surface area contributed by atoms with Gasteiger partial charge in [0.05, 0.1) is 50.0 Å². The average molecular weight is 504 g/mol.